The van der Waals surface area contributed by atoms with Crippen molar-refractivity contribution in [2.24, 2.45) is 7.05 Å². The number of Topliss-reactive ketones (excluding diaryl/α,β-unsaturated/α-hetero) is 1. The monoisotopic (exact) mass is 259 g/mol. The van der Waals surface area contributed by atoms with E-state index in [4.69, 9.17) is 4.74 Å². The SMILES string of the molecule is CCOC(=O)C(=O)c1ccc2c(c1)c(C)c(C)n2C. The molecule has 0 unspecified atom stereocenters. The van der Waals surface area contributed by atoms with Crippen molar-refractivity contribution in [1.29, 1.82) is 0 Å². The molecule has 0 N–H and O–H groups in total. The van der Waals surface area contributed by atoms with E-state index in [1.807, 2.05) is 27.0 Å². The molecule has 1 aromatic carbocycles. The Balaban J connectivity index is 2.50. The van der Waals surface area contributed by atoms with Gasteiger partial charge in [0.05, 0.1) is 6.61 Å². The third-order valence-corrected chi connectivity index (χ3v) is 3.53. The van der Waals surface area contributed by atoms with Crippen LogP contribution in [0.15, 0.2) is 18.2 Å². The maximum absolute atomic E-state index is 11.9. The van der Waals surface area contributed by atoms with Gasteiger partial charge in [0, 0.05) is 29.2 Å². The molecule has 4 nitrogen and oxygen atoms in total. The van der Waals surface area contributed by atoms with Gasteiger partial charge in [0.1, 0.15) is 0 Å². The lowest BCUT2D eigenvalue weighted by atomic mass is 10.1. The first-order chi connectivity index (χ1) is 8.97. The fourth-order valence-corrected chi connectivity index (χ4v) is 2.21. The molecule has 0 fully saturated rings. The molecule has 0 aliphatic rings. The van der Waals surface area contributed by atoms with Crippen LogP contribution in [-0.2, 0) is 16.6 Å². The Morgan fingerprint density at radius 2 is 1.95 bits per heavy atom. The number of hydrogen-bond acceptors (Lipinski definition) is 3. The molecule has 0 aliphatic carbocycles. The van der Waals surface area contributed by atoms with E-state index in [1.54, 1.807) is 19.1 Å². The van der Waals surface area contributed by atoms with Crippen LogP contribution in [0.2, 0.25) is 0 Å². The van der Waals surface area contributed by atoms with Crippen LogP contribution in [0.25, 0.3) is 10.9 Å². The van der Waals surface area contributed by atoms with Gasteiger partial charge < -0.3 is 9.30 Å². The maximum Gasteiger partial charge on any atom is 0.379 e. The van der Waals surface area contributed by atoms with E-state index in [0.29, 0.717) is 5.56 Å². The Bertz CT molecular complexity index is 668. The summed E-state index contributed by atoms with van der Waals surface area (Å²) in [5.74, 6) is -1.39. The molecule has 0 saturated heterocycles. The molecule has 0 spiro atoms. The summed E-state index contributed by atoms with van der Waals surface area (Å²) < 4.78 is 6.81. The Morgan fingerprint density at radius 3 is 2.58 bits per heavy atom. The summed E-state index contributed by atoms with van der Waals surface area (Å²) >= 11 is 0. The first kappa shape index (κ1) is 13.3. The summed E-state index contributed by atoms with van der Waals surface area (Å²) in [7, 11) is 1.98. The Hall–Kier alpha value is -2.10. The fraction of sp³-hybridized carbons (Fsp3) is 0.333. The Morgan fingerprint density at radius 1 is 1.26 bits per heavy atom. The van der Waals surface area contributed by atoms with Crippen LogP contribution in [0.4, 0.5) is 0 Å². The standard InChI is InChI=1S/C15H17NO3/c1-5-19-15(18)14(17)11-6-7-13-12(8-11)9(2)10(3)16(13)4/h6-8H,5H2,1-4H3. The largest absolute Gasteiger partial charge is 0.460 e. The molecule has 0 bridgehead atoms. The maximum atomic E-state index is 11.9. The average Bonchev–Trinajstić information content (AvgIpc) is 2.63. The van der Waals surface area contributed by atoms with E-state index in [1.165, 1.54) is 0 Å². The van der Waals surface area contributed by atoms with Crippen molar-refractivity contribution in [2.45, 2.75) is 20.8 Å². The van der Waals surface area contributed by atoms with Crippen LogP contribution in [-0.4, -0.2) is 22.9 Å². The zero-order valence-electron chi connectivity index (χ0n) is 11.6. The third kappa shape index (κ3) is 2.14. The predicted octanol–water partition coefficient (Wildman–Crippen LogP) is 2.54. The molecule has 2 rings (SSSR count). The van der Waals surface area contributed by atoms with E-state index in [2.05, 4.69) is 4.57 Å². The van der Waals surface area contributed by atoms with E-state index < -0.39 is 11.8 Å². The summed E-state index contributed by atoms with van der Waals surface area (Å²) in [6.07, 6.45) is 0. The van der Waals surface area contributed by atoms with Crippen molar-refractivity contribution in [3.05, 3.63) is 35.0 Å². The van der Waals surface area contributed by atoms with E-state index in [0.717, 1.165) is 22.2 Å². The van der Waals surface area contributed by atoms with Gasteiger partial charge >= 0.3 is 5.97 Å². The zero-order chi connectivity index (χ0) is 14.2. The van der Waals surface area contributed by atoms with Gasteiger partial charge in [-0.25, -0.2) is 4.79 Å². The van der Waals surface area contributed by atoms with Crippen molar-refractivity contribution in [3.63, 3.8) is 0 Å². The molecular weight excluding hydrogens is 242 g/mol. The molecule has 1 aromatic heterocycles. The van der Waals surface area contributed by atoms with Gasteiger partial charge in [0.25, 0.3) is 5.78 Å². The van der Waals surface area contributed by atoms with Crippen molar-refractivity contribution < 1.29 is 14.3 Å². The second kappa shape index (κ2) is 4.88. The lowest BCUT2D eigenvalue weighted by Gasteiger charge is -2.02. The van der Waals surface area contributed by atoms with Crippen molar-refractivity contribution in [3.8, 4) is 0 Å². The molecule has 0 aliphatic heterocycles. The van der Waals surface area contributed by atoms with Gasteiger partial charge in [0.15, 0.2) is 0 Å². The van der Waals surface area contributed by atoms with Crippen LogP contribution < -0.4 is 0 Å². The summed E-state index contributed by atoms with van der Waals surface area (Å²) in [4.78, 5) is 23.4. The van der Waals surface area contributed by atoms with Gasteiger partial charge in [-0.3, -0.25) is 4.79 Å². The normalized spacial score (nSPS) is 10.7. The zero-order valence-corrected chi connectivity index (χ0v) is 11.6. The number of ether oxygens (including phenoxy) is 1. The molecule has 19 heavy (non-hydrogen) atoms. The first-order valence-electron chi connectivity index (χ1n) is 6.24. The fourth-order valence-electron chi connectivity index (χ4n) is 2.21. The predicted molar refractivity (Wildman–Crippen MR) is 73.4 cm³/mol. The summed E-state index contributed by atoms with van der Waals surface area (Å²) in [5, 5.41) is 0.996. The van der Waals surface area contributed by atoms with E-state index in [9.17, 15) is 9.59 Å². The van der Waals surface area contributed by atoms with Crippen LogP contribution in [0.5, 0.6) is 0 Å². The highest BCUT2D eigenvalue weighted by Gasteiger charge is 2.19. The molecule has 0 radical (unpaired) electrons. The number of aromatic nitrogens is 1. The quantitative estimate of drug-likeness (QED) is 0.483. The summed E-state index contributed by atoms with van der Waals surface area (Å²) in [6.45, 7) is 5.92. The van der Waals surface area contributed by atoms with Gasteiger partial charge in [-0.15, -0.1) is 0 Å². The second-order valence-corrected chi connectivity index (χ2v) is 4.55. The minimum atomic E-state index is -0.799. The molecule has 0 amide bonds. The third-order valence-electron chi connectivity index (χ3n) is 3.53. The second-order valence-electron chi connectivity index (χ2n) is 4.55. The van der Waals surface area contributed by atoms with Crippen LogP contribution in [0.1, 0.15) is 28.5 Å². The smallest absolute Gasteiger partial charge is 0.379 e. The number of rotatable bonds is 3. The molecule has 0 saturated carbocycles. The highest BCUT2D eigenvalue weighted by atomic mass is 16.5. The molecule has 1 heterocycles. The Kier molecular flexibility index (Phi) is 3.42. The average molecular weight is 259 g/mol. The molecule has 2 aromatic rings. The first-order valence-corrected chi connectivity index (χ1v) is 6.24. The molecule has 100 valence electrons. The number of carbonyl (C=O) groups is 2. The number of fused-ring (bicyclic) bond motifs is 1. The number of ketones is 1. The lowest BCUT2D eigenvalue weighted by Crippen LogP contribution is -2.17. The topological polar surface area (TPSA) is 48.3 Å². The number of aryl methyl sites for hydroxylation is 2. The minimum absolute atomic E-state index is 0.205. The molecule has 0 atom stereocenters. The number of carbonyl (C=O) groups excluding carboxylic acids is 2. The van der Waals surface area contributed by atoms with Crippen molar-refractivity contribution in [1.82, 2.24) is 4.57 Å². The summed E-state index contributed by atoms with van der Waals surface area (Å²) in [6, 6.07) is 5.29. The number of nitrogens with zero attached hydrogens (tertiary/aromatic N) is 1. The summed E-state index contributed by atoms with van der Waals surface area (Å²) in [5.41, 5.74) is 3.70. The van der Waals surface area contributed by atoms with Gasteiger partial charge in [-0.1, -0.05) is 0 Å². The number of esters is 1. The van der Waals surface area contributed by atoms with Gasteiger partial charge in [-0.05, 0) is 44.5 Å². The van der Waals surface area contributed by atoms with E-state index >= 15 is 0 Å². The van der Waals surface area contributed by atoms with Crippen molar-refractivity contribution in [2.75, 3.05) is 6.61 Å². The molecule has 4 heteroatoms. The minimum Gasteiger partial charge on any atom is -0.460 e. The van der Waals surface area contributed by atoms with Crippen LogP contribution in [0.3, 0.4) is 0 Å². The van der Waals surface area contributed by atoms with Gasteiger partial charge in [0.2, 0.25) is 0 Å². The highest BCUT2D eigenvalue weighted by molar-refractivity contribution is 6.40. The van der Waals surface area contributed by atoms with E-state index in [-0.39, 0.29) is 6.61 Å². The Labute approximate surface area is 112 Å². The van der Waals surface area contributed by atoms with Crippen molar-refractivity contribution >= 4 is 22.7 Å². The van der Waals surface area contributed by atoms with Crippen LogP contribution in [0, 0.1) is 13.8 Å². The van der Waals surface area contributed by atoms with Crippen LogP contribution >= 0.6 is 0 Å². The lowest BCUT2D eigenvalue weighted by molar-refractivity contribution is -0.137. The highest BCUT2D eigenvalue weighted by Crippen LogP contribution is 2.25. The number of hydrogen-bond donors (Lipinski definition) is 0. The number of benzene rings is 1. The van der Waals surface area contributed by atoms with Gasteiger partial charge in [-0.2, -0.15) is 0 Å². The molecular formula is C15H17NO3.